The van der Waals surface area contributed by atoms with Gasteiger partial charge in [0.1, 0.15) is 30.1 Å². The highest BCUT2D eigenvalue weighted by molar-refractivity contribution is 5.89. The Kier molecular flexibility index (Phi) is 7.47. The van der Waals surface area contributed by atoms with E-state index in [4.69, 9.17) is 9.47 Å². The lowest BCUT2D eigenvalue weighted by Gasteiger charge is -2.23. The van der Waals surface area contributed by atoms with E-state index in [2.05, 4.69) is 0 Å². The van der Waals surface area contributed by atoms with Crippen LogP contribution in [0.25, 0.3) is 6.08 Å². The molecule has 0 saturated heterocycles. The van der Waals surface area contributed by atoms with Gasteiger partial charge in [-0.15, -0.1) is 0 Å². The van der Waals surface area contributed by atoms with Crippen LogP contribution in [-0.4, -0.2) is 25.0 Å². The summed E-state index contributed by atoms with van der Waals surface area (Å²) < 4.78 is 11.3. The summed E-state index contributed by atoms with van der Waals surface area (Å²) in [5.74, 6) is 0.704. The second kappa shape index (κ2) is 10.7. The normalized spacial score (nSPS) is 13.0. The molecule has 0 spiro atoms. The predicted octanol–water partition coefficient (Wildman–Crippen LogP) is 5.11. The average molecular weight is 437 g/mol. The first-order valence-electron chi connectivity index (χ1n) is 10.2. The van der Waals surface area contributed by atoms with Crippen molar-refractivity contribution in [3.05, 3.63) is 112 Å². The Morgan fingerprint density at radius 1 is 1.03 bits per heavy atom. The van der Waals surface area contributed by atoms with Crippen LogP contribution in [-0.2, 0) is 16.1 Å². The van der Waals surface area contributed by atoms with Crippen LogP contribution in [0.15, 0.2) is 95.1 Å². The number of esters is 1. The van der Waals surface area contributed by atoms with E-state index < -0.39 is 5.97 Å². The van der Waals surface area contributed by atoms with E-state index in [1.165, 1.54) is 0 Å². The highest BCUT2D eigenvalue weighted by atomic mass is 16.5. The lowest BCUT2D eigenvalue weighted by Crippen LogP contribution is -2.16. The van der Waals surface area contributed by atoms with E-state index >= 15 is 0 Å². The van der Waals surface area contributed by atoms with Crippen molar-refractivity contribution in [3.63, 3.8) is 0 Å². The first-order valence-corrected chi connectivity index (χ1v) is 10.2. The Bertz CT molecular complexity index is 1220. The third-order valence-corrected chi connectivity index (χ3v) is 4.83. The van der Waals surface area contributed by atoms with Crippen molar-refractivity contribution in [2.75, 3.05) is 14.1 Å². The minimum atomic E-state index is -0.392. The van der Waals surface area contributed by atoms with Crippen molar-refractivity contribution in [2.24, 2.45) is 0 Å². The van der Waals surface area contributed by atoms with E-state index in [0.29, 0.717) is 22.7 Å². The molecule has 2 aromatic carbocycles. The quantitative estimate of drug-likeness (QED) is 0.461. The average Bonchev–Trinajstić information content (AvgIpc) is 2.82. The largest absolute Gasteiger partial charge is 0.460 e. The molecule has 6 heteroatoms. The Morgan fingerprint density at radius 3 is 2.30 bits per heavy atom. The molecule has 0 saturated carbocycles. The topological polar surface area (TPSA) is 86.4 Å². The van der Waals surface area contributed by atoms with Gasteiger partial charge in [-0.1, -0.05) is 42.5 Å². The predicted molar refractivity (Wildman–Crippen MR) is 125 cm³/mol. The lowest BCUT2D eigenvalue weighted by molar-refractivity contribution is 0.0472. The minimum Gasteiger partial charge on any atom is -0.460 e. The first-order chi connectivity index (χ1) is 15.9. The maximum absolute atomic E-state index is 12.4. The molecule has 1 aliphatic heterocycles. The van der Waals surface area contributed by atoms with Crippen LogP contribution in [0.2, 0.25) is 0 Å². The minimum absolute atomic E-state index is 0.0200. The summed E-state index contributed by atoms with van der Waals surface area (Å²) in [6.45, 7) is 1.98. The van der Waals surface area contributed by atoms with Crippen molar-refractivity contribution in [3.8, 4) is 12.1 Å². The van der Waals surface area contributed by atoms with Gasteiger partial charge in [-0.05, 0) is 48.4 Å². The van der Waals surface area contributed by atoms with Crippen LogP contribution in [0.3, 0.4) is 0 Å². The molecule has 0 atom stereocenters. The third kappa shape index (κ3) is 6.00. The van der Waals surface area contributed by atoms with E-state index in [1.54, 1.807) is 31.2 Å². The molecule has 0 aromatic heterocycles. The molecule has 0 N–H and O–H groups in total. The zero-order valence-corrected chi connectivity index (χ0v) is 18.7. The zero-order valence-electron chi connectivity index (χ0n) is 18.7. The number of ether oxygens (including phenoxy) is 2. The van der Waals surface area contributed by atoms with E-state index in [1.807, 2.05) is 79.7 Å². The van der Waals surface area contributed by atoms with Gasteiger partial charge in [0.15, 0.2) is 5.76 Å². The molecule has 164 valence electrons. The maximum atomic E-state index is 12.4. The van der Waals surface area contributed by atoms with Crippen LogP contribution in [0.1, 0.15) is 28.4 Å². The van der Waals surface area contributed by atoms with Crippen LogP contribution in [0.4, 0.5) is 0 Å². The number of hydrogen-bond donors (Lipinski definition) is 0. The molecule has 0 amide bonds. The highest BCUT2D eigenvalue weighted by Gasteiger charge is 2.17. The first kappa shape index (κ1) is 23.1. The van der Waals surface area contributed by atoms with Crippen molar-refractivity contribution in [2.45, 2.75) is 13.5 Å². The summed E-state index contributed by atoms with van der Waals surface area (Å²) in [5, 5.41) is 18.4. The van der Waals surface area contributed by atoms with Gasteiger partial charge in [-0.2, -0.15) is 10.5 Å². The molecule has 33 heavy (non-hydrogen) atoms. The molecule has 0 fully saturated rings. The fourth-order valence-electron chi connectivity index (χ4n) is 3.16. The van der Waals surface area contributed by atoms with Crippen molar-refractivity contribution >= 4 is 12.0 Å². The molecule has 0 bridgehead atoms. The Labute approximate surface area is 193 Å². The van der Waals surface area contributed by atoms with Crippen molar-refractivity contribution < 1.29 is 14.3 Å². The standard InChI is InChI=1S/C27H23N3O3/c1-19-13-23(24(16-28)17-29)15-26(33-19)25(30(2)3)14-20-9-11-22(12-10-20)27(31)32-18-21-7-5-4-6-8-21/h4-15H,18H2,1-3H3. The number of allylic oxidation sites excluding steroid dienone is 5. The lowest BCUT2D eigenvalue weighted by atomic mass is 10.0. The molecular weight excluding hydrogens is 414 g/mol. The van der Waals surface area contributed by atoms with Crippen LogP contribution < -0.4 is 0 Å². The van der Waals surface area contributed by atoms with Gasteiger partial charge in [-0.25, -0.2) is 4.79 Å². The molecule has 1 aliphatic rings. The summed E-state index contributed by atoms with van der Waals surface area (Å²) in [6.07, 6.45) is 5.24. The van der Waals surface area contributed by atoms with Crippen LogP contribution >= 0.6 is 0 Å². The van der Waals surface area contributed by atoms with E-state index in [9.17, 15) is 15.3 Å². The number of hydrogen-bond acceptors (Lipinski definition) is 6. The second-order valence-corrected chi connectivity index (χ2v) is 7.53. The van der Waals surface area contributed by atoms with Crippen molar-refractivity contribution in [1.82, 2.24) is 4.90 Å². The van der Waals surface area contributed by atoms with Crippen LogP contribution in [0, 0.1) is 22.7 Å². The fourth-order valence-corrected chi connectivity index (χ4v) is 3.16. The van der Waals surface area contributed by atoms with Gasteiger partial charge < -0.3 is 14.4 Å². The maximum Gasteiger partial charge on any atom is 0.338 e. The molecule has 0 aliphatic carbocycles. The highest BCUT2D eigenvalue weighted by Crippen LogP contribution is 2.28. The van der Waals surface area contributed by atoms with E-state index in [0.717, 1.165) is 16.8 Å². The molecule has 6 nitrogen and oxygen atoms in total. The molecular formula is C27H23N3O3. The van der Waals surface area contributed by atoms with Gasteiger partial charge in [0, 0.05) is 19.7 Å². The van der Waals surface area contributed by atoms with Gasteiger partial charge in [0.05, 0.1) is 11.3 Å². The number of benzene rings is 2. The number of nitrogens with zero attached hydrogens (tertiary/aromatic N) is 3. The smallest absolute Gasteiger partial charge is 0.338 e. The number of carbonyl (C=O) groups excluding carboxylic acids is 1. The Morgan fingerprint density at radius 2 is 1.70 bits per heavy atom. The number of likely N-dealkylation sites (N-methyl/N-ethyl adjacent to an activating group) is 1. The fraction of sp³-hybridized carbons (Fsp3) is 0.148. The third-order valence-electron chi connectivity index (χ3n) is 4.83. The van der Waals surface area contributed by atoms with Gasteiger partial charge in [-0.3, -0.25) is 0 Å². The van der Waals surface area contributed by atoms with Gasteiger partial charge in [0.2, 0.25) is 0 Å². The van der Waals surface area contributed by atoms with E-state index in [-0.39, 0.29) is 12.2 Å². The summed E-state index contributed by atoms with van der Waals surface area (Å²) in [7, 11) is 3.75. The number of nitriles is 2. The van der Waals surface area contributed by atoms with Crippen LogP contribution in [0.5, 0.6) is 0 Å². The molecule has 1 heterocycles. The molecule has 0 radical (unpaired) electrons. The monoisotopic (exact) mass is 437 g/mol. The SMILES string of the molecule is CC1=CC(=C(C#N)C#N)C=C(C(=Cc2ccc(C(=O)OCc3ccccc3)cc2)N(C)C)O1. The summed E-state index contributed by atoms with van der Waals surface area (Å²) in [6, 6.07) is 20.4. The molecule has 2 aromatic rings. The Hall–Kier alpha value is -4.55. The molecule has 3 rings (SSSR count). The summed E-state index contributed by atoms with van der Waals surface area (Å²) >= 11 is 0. The van der Waals surface area contributed by atoms with Gasteiger partial charge >= 0.3 is 5.97 Å². The second-order valence-electron chi connectivity index (χ2n) is 7.53. The number of carbonyl (C=O) groups is 1. The summed E-state index contributed by atoms with van der Waals surface area (Å²) in [4.78, 5) is 14.2. The number of rotatable bonds is 6. The summed E-state index contributed by atoms with van der Waals surface area (Å²) in [5.41, 5.74) is 3.50. The van der Waals surface area contributed by atoms with Gasteiger partial charge in [0.25, 0.3) is 0 Å². The zero-order chi connectivity index (χ0) is 23.8. The Balaban J connectivity index is 1.81. The molecule has 0 unspecified atom stereocenters. The van der Waals surface area contributed by atoms with Crippen molar-refractivity contribution in [1.29, 1.82) is 10.5 Å².